The minimum absolute atomic E-state index is 0.355. The summed E-state index contributed by atoms with van der Waals surface area (Å²) in [7, 11) is 0. The first-order chi connectivity index (χ1) is 5.25. The molecule has 0 aromatic heterocycles. The molecule has 1 aliphatic heterocycles. The van der Waals surface area contributed by atoms with Crippen LogP contribution in [0.1, 0.15) is 13.8 Å². The summed E-state index contributed by atoms with van der Waals surface area (Å²) < 4.78 is 0. The highest BCUT2D eigenvalue weighted by Crippen LogP contribution is 2.15. The lowest BCUT2D eigenvalue weighted by atomic mass is 10.1. The Hall–Kier alpha value is -0.510. The van der Waals surface area contributed by atoms with Crippen LogP contribution >= 0.6 is 11.8 Å². The summed E-state index contributed by atoms with van der Waals surface area (Å²) >= 11 is 1.57. The Bertz CT molecular complexity index is 199. The summed E-state index contributed by atoms with van der Waals surface area (Å²) in [5.41, 5.74) is 0.934. The van der Waals surface area contributed by atoms with E-state index < -0.39 is 0 Å². The van der Waals surface area contributed by atoms with Gasteiger partial charge in [0.15, 0.2) is 5.04 Å². The van der Waals surface area contributed by atoms with Crippen LogP contribution < -0.4 is 0 Å². The standard InChI is InChI=1S/C7H12N2OS/c1-5(2)6-7(9-10)11-4-3-8-6/h5,10H,3-4H2,1-2H3. The molecule has 62 valence electrons. The summed E-state index contributed by atoms with van der Waals surface area (Å²) in [5, 5.41) is 12.5. The Morgan fingerprint density at radius 1 is 1.64 bits per heavy atom. The van der Waals surface area contributed by atoms with Gasteiger partial charge < -0.3 is 5.21 Å². The zero-order valence-corrected chi connectivity index (χ0v) is 7.56. The van der Waals surface area contributed by atoms with Crippen molar-refractivity contribution >= 4 is 22.5 Å². The van der Waals surface area contributed by atoms with E-state index in [4.69, 9.17) is 5.21 Å². The first kappa shape index (κ1) is 8.59. The Balaban J connectivity index is 2.80. The van der Waals surface area contributed by atoms with Gasteiger partial charge in [-0.2, -0.15) is 0 Å². The minimum Gasteiger partial charge on any atom is -0.410 e. The fraction of sp³-hybridized carbons (Fsp3) is 0.714. The van der Waals surface area contributed by atoms with Crippen LogP contribution in [0.5, 0.6) is 0 Å². The van der Waals surface area contributed by atoms with Crippen molar-refractivity contribution < 1.29 is 5.21 Å². The molecule has 4 heteroatoms. The first-order valence-electron chi connectivity index (χ1n) is 3.65. The number of aliphatic imine (C=N–C) groups is 1. The summed E-state index contributed by atoms with van der Waals surface area (Å²) in [6.45, 7) is 4.95. The first-order valence-corrected chi connectivity index (χ1v) is 4.64. The fourth-order valence-corrected chi connectivity index (χ4v) is 1.84. The highest BCUT2D eigenvalue weighted by molar-refractivity contribution is 8.15. The second-order valence-corrected chi connectivity index (χ2v) is 3.76. The van der Waals surface area contributed by atoms with Crippen molar-refractivity contribution in [2.75, 3.05) is 12.3 Å². The summed E-state index contributed by atoms with van der Waals surface area (Å²) in [6, 6.07) is 0. The lowest BCUT2D eigenvalue weighted by Crippen LogP contribution is -2.22. The van der Waals surface area contributed by atoms with E-state index in [9.17, 15) is 0 Å². The smallest absolute Gasteiger partial charge is 0.157 e. The third kappa shape index (κ3) is 1.96. The molecule has 11 heavy (non-hydrogen) atoms. The highest BCUT2D eigenvalue weighted by Gasteiger charge is 2.17. The quantitative estimate of drug-likeness (QED) is 0.482. The molecule has 1 N–H and O–H groups in total. The molecular formula is C7H12N2OS. The molecule has 0 amide bonds. The Kier molecular flexibility index (Phi) is 2.93. The van der Waals surface area contributed by atoms with Crippen molar-refractivity contribution in [3.05, 3.63) is 0 Å². The van der Waals surface area contributed by atoms with Crippen LogP contribution in [0.4, 0.5) is 0 Å². The second-order valence-electron chi connectivity index (χ2n) is 2.68. The average molecular weight is 172 g/mol. The Morgan fingerprint density at radius 2 is 2.36 bits per heavy atom. The molecule has 0 saturated heterocycles. The molecule has 1 heterocycles. The summed E-state index contributed by atoms with van der Waals surface area (Å²) in [5.74, 6) is 1.28. The number of rotatable bonds is 1. The fourth-order valence-electron chi connectivity index (χ4n) is 0.960. The molecule has 0 aromatic carbocycles. The molecule has 0 radical (unpaired) electrons. The van der Waals surface area contributed by atoms with Crippen LogP contribution in [0.2, 0.25) is 0 Å². The zero-order chi connectivity index (χ0) is 8.27. The van der Waals surface area contributed by atoms with E-state index in [-0.39, 0.29) is 0 Å². The van der Waals surface area contributed by atoms with Gasteiger partial charge in [-0.1, -0.05) is 30.8 Å². The molecule has 1 aliphatic rings. The maximum absolute atomic E-state index is 8.60. The maximum Gasteiger partial charge on any atom is 0.157 e. The van der Waals surface area contributed by atoms with Gasteiger partial charge in [0, 0.05) is 12.3 Å². The van der Waals surface area contributed by atoms with E-state index in [1.54, 1.807) is 11.8 Å². The molecule has 0 unspecified atom stereocenters. The predicted molar refractivity (Wildman–Crippen MR) is 48.8 cm³/mol. The van der Waals surface area contributed by atoms with Crippen LogP contribution in [-0.2, 0) is 0 Å². The molecule has 0 aliphatic carbocycles. The van der Waals surface area contributed by atoms with E-state index in [1.165, 1.54) is 0 Å². The van der Waals surface area contributed by atoms with Crippen LogP contribution in [0, 0.1) is 5.92 Å². The summed E-state index contributed by atoms with van der Waals surface area (Å²) in [6.07, 6.45) is 0. The minimum atomic E-state index is 0.355. The van der Waals surface area contributed by atoms with Crippen molar-refractivity contribution in [3.63, 3.8) is 0 Å². The summed E-state index contributed by atoms with van der Waals surface area (Å²) in [4.78, 5) is 4.29. The molecule has 0 aromatic rings. The van der Waals surface area contributed by atoms with E-state index >= 15 is 0 Å². The van der Waals surface area contributed by atoms with Gasteiger partial charge in [0.1, 0.15) is 0 Å². The monoisotopic (exact) mass is 172 g/mol. The van der Waals surface area contributed by atoms with Gasteiger partial charge >= 0.3 is 0 Å². The zero-order valence-electron chi connectivity index (χ0n) is 6.74. The second kappa shape index (κ2) is 3.76. The van der Waals surface area contributed by atoms with Crippen LogP contribution in [0.25, 0.3) is 0 Å². The molecule has 0 spiro atoms. The lowest BCUT2D eigenvalue weighted by molar-refractivity contribution is 0.321. The third-order valence-corrected chi connectivity index (χ3v) is 2.42. The number of nitrogens with zero attached hydrogens (tertiary/aromatic N) is 2. The molecule has 1 rings (SSSR count). The maximum atomic E-state index is 8.60. The van der Waals surface area contributed by atoms with E-state index in [0.717, 1.165) is 18.0 Å². The number of oxime groups is 1. The highest BCUT2D eigenvalue weighted by atomic mass is 32.2. The van der Waals surface area contributed by atoms with Crippen molar-refractivity contribution in [3.8, 4) is 0 Å². The Labute approximate surface area is 70.6 Å². The van der Waals surface area contributed by atoms with E-state index in [1.807, 2.05) is 0 Å². The SMILES string of the molecule is CC(C)C1=NCCSC1=NO. The van der Waals surface area contributed by atoms with Crippen molar-refractivity contribution in [1.82, 2.24) is 0 Å². The van der Waals surface area contributed by atoms with Gasteiger partial charge in [0.2, 0.25) is 0 Å². The van der Waals surface area contributed by atoms with E-state index in [2.05, 4.69) is 24.0 Å². The van der Waals surface area contributed by atoms with Gasteiger partial charge in [-0.15, -0.1) is 0 Å². The Morgan fingerprint density at radius 3 is 2.82 bits per heavy atom. The normalized spacial score (nSPS) is 22.5. The van der Waals surface area contributed by atoms with Crippen molar-refractivity contribution in [1.29, 1.82) is 0 Å². The number of hydrogen-bond acceptors (Lipinski definition) is 4. The van der Waals surface area contributed by atoms with Gasteiger partial charge in [0.25, 0.3) is 0 Å². The predicted octanol–water partition coefficient (Wildman–Crippen LogP) is 1.62. The topological polar surface area (TPSA) is 45.0 Å². The largest absolute Gasteiger partial charge is 0.410 e. The van der Waals surface area contributed by atoms with E-state index in [0.29, 0.717) is 11.0 Å². The van der Waals surface area contributed by atoms with Crippen LogP contribution in [0.15, 0.2) is 10.1 Å². The van der Waals surface area contributed by atoms with Crippen molar-refractivity contribution in [2.24, 2.45) is 16.1 Å². The van der Waals surface area contributed by atoms with Crippen molar-refractivity contribution in [2.45, 2.75) is 13.8 Å². The molecule has 3 nitrogen and oxygen atoms in total. The molecular weight excluding hydrogens is 160 g/mol. The van der Waals surface area contributed by atoms with Gasteiger partial charge in [0.05, 0.1) is 5.71 Å². The molecule has 0 atom stereocenters. The third-order valence-electron chi connectivity index (χ3n) is 1.47. The van der Waals surface area contributed by atoms with Gasteiger partial charge in [-0.05, 0) is 5.92 Å². The van der Waals surface area contributed by atoms with Crippen LogP contribution in [0.3, 0.4) is 0 Å². The van der Waals surface area contributed by atoms with Gasteiger partial charge in [-0.25, -0.2) is 0 Å². The number of thioether (sulfide) groups is 1. The average Bonchev–Trinajstić information content (AvgIpc) is 2.04. The van der Waals surface area contributed by atoms with Crippen LogP contribution in [-0.4, -0.2) is 28.3 Å². The lowest BCUT2D eigenvalue weighted by Gasteiger charge is -2.14. The van der Waals surface area contributed by atoms with Gasteiger partial charge in [-0.3, -0.25) is 4.99 Å². The molecule has 0 fully saturated rings. The molecule has 0 saturated carbocycles. The number of hydrogen-bond donors (Lipinski definition) is 1. The molecule has 0 bridgehead atoms.